The highest BCUT2D eigenvalue weighted by Crippen LogP contribution is 2.31. The van der Waals surface area contributed by atoms with Gasteiger partial charge in [0.1, 0.15) is 6.29 Å². The molecule has 0 radical (unpaired) electrons. The van der Waals surface area contributed by atoms with E-state index in [2.05, 4.69) is 19.9 Å². The molecule has 82 valence electrons. The molecular weight excluding hydrogens is 216 g/mol. The highest BCUT2D eigenvalue weighted by Gasteiger charge is 2.07. The van der Waals surface area contributed by atoms with Crippen molar-refractivity contribution in [1.29, 1.82) is 0 Å². The molecule has 0 atom stereocenters. The summed E-state index contributed by atoms with van der Waals surface area (Å²) in [6.07, 6.45) is 1.94. The van der Waals surface area contributed by atoms with Crippen LogP contribution in [0.4, 0.5) is 0 Å². The number of carbonyl (C=O) groups excluding carboxylic acids is 1. The van der Waals surface area contributed by atoms with Gasteiger partial charge in [0.2, 0.25) is 0 Å². The van der Waals surface area contributed by atoms with E-state index in [0.717, 1.165) is 18.3 Å². The van der Waals surface area contributed by atoms with Crippen molar-refractivity contribution in [2.24, 2.45) is 0 Å². The van der Waals surface area contributed by atoms with Crippen molar-refractivity contribution in [1.82, 2.24) is 0 Å². The summed E-state index contributed by atoms with van der Waals surface area (Å²) in [6.45, 7) is 4.31. The summed E-state index contributed by atoms with van der Waals surface area (Å²) in [5, 5.41) is 0. The molecule has 2 aromatic rings. The van der Waals surface area contributed by atoms with Crippen LogP contribution in [0.5, 0.6) is 0 Å². The first-order chi connectivity index (χ1) is 7.74. The smallest absolute Gasteiger partial charge is 0.150 e. The summed E-state index contributed by atoms with van der Waals surface area (Å²) < 4.78 is 0. The van der Waals surface area contributed by atoms with Crippen LogP contribution >= 0.6 is 11.3 Å². The number of aldehydes is 1. The number of hydrogen-bond donors (Lipinski definition) is 0. The Balaban J connectivity index is 2.45. The quantitative estimate of drug-likeness (QED) is 0.725. The highest BCUT2D eigenvalue weighted by atomic mass is 32.1. The van der Waals surface area contributed by atoms with Gasteiger partial charge in [-0.25, -0.2) is 0 Å². The SMILES string of the molecule is CCc1sc(C)cc1-c1ccc(C=O)cc1. The Labute approximate surface area is 99.8 Å². The first-order valence-corrected chi connectivity index (χ1v) is 6.21. The van der Waals surface area contributed by atoms with Crippen LogP contribution in [-0.2, 0) is 6.42 Å². The minimum atomic E-state index is 0.730. The molecule has 1 nitrogen and oxygen atoms in total. The van der Waals surface area contributed by atoms with Gasteiger partial charge < -0.3 is 0 Å². The molecule has 0 N–H and O–H groups in total. The van der Waals surface area contributed by atoms with Crippen molar-refractivity contribution >= 4 is 17.6 Å². The Morgan fingerprint density at radius 1 is 1.25 bits per heavy atom. The van der Waals surface area contributed by atoms with Gasteiger partial charge >= 0.3 is 0 Å². The van der Waals surface area contributed by atoms with Crippen LogP contribution in [0.15, 0.2) is 30.3 Å². The normalized spacial score (nSPS) is 10.4. The van der Waals surface area contributed by atoms with Crippen molar-refractivity contribution in [2.75, 3.05) is 0 Å². The molecule has 0 aliphatic carbocycles. The van der Waals surface area contributed by atoms with E-state index in [1.165, 1.54) is 20.9 Å². The number of thiophene rings is 1. The molecule has 0 fully saturated rings. The van der Waals surface area contributed by atoms with Crippen molar-refractivity contribution < 1.29 is 4.79 Å². The molecule has 0 aliphatic rings. The fourth-order valence-electron chi connectivity index (χ4n) is 1.81. The van der Waals surface area contributed by atoms with Gasteiger partial charge in [-0.3, -0.25) is 4.79 Å². The Kier molecular flexibility index (Phi) is 3.20. The van der Waals surface area contributed by atoms with Crippen LogP contribution in [0.3, 0.4) is 0 Å². The molecule has 0 aliphatic heterocycles. The van der Waals surface area contributed by atoms with E-state index in [9.17, 15) is 4.79 Å². The maximum Gasteiger partial charge on any atom is 0.150 e. The largest absolute Gasteiger partial charge is 0.298 e. The van der Waals surface area contributed by atoms with Crippen molar-refractivity contribution in [3.63, 3.8) is 0 Å². The Morgan fingerprint density at radius 3 is 2.50 bits per heavy atom. The second-order valence-electron chi connectivity index (χ2n) is 3.79. The summed E-state index contributed by atoms with van der Waals surface area (Å²) in [4.78, 5) is 13.3. The second kappa shape index (κ2) is 4.62. The van der Waals surface area contributed by atoms with Gasteiger partial charge in [0.05, 0.1) is 0 Å². The number of hydrogen-bond acceptors (Lipinski definition) is 2. The molecule has 0 saturated heterocycles. The standard InChI is InChI=1S/C14H14OS/c1-3-14-13(8-10(2)16-14)12-6-4-11(9-15)5-7-12/h4-9H,3H2,1-2H3. The molecule has 16 heavy (non-hydrogen) atoms. The molecule has 0 unspecified atom stereocenters. The third kappa shape index (κ3) is 2.07. The Morgan fingerprint density at radius 2 is 1.94 bits per heavy atom. The van der Waals surface area contributed by atoms with E-state index < -0.39 is 0 Å². The van der Waals surface area contributed by atoms with E-state index in [1.54, 1.807) is 0 Å². The van der Waals surface area contributed by atoms with E-state index in [0.29, 0.717) is 0 Å². The van der Waals surface area contributed by atoms with Crippen LogP contribution in [0, 0.1) is 6.92 Å². The number of aryl methyl sites for hydroxylation is 2. The molecule has 0 bridgehead atoms. The van der Waals surface area contributed by atoms with E-state index in [1.807, 2.05) is 35.6 Å². The van der Waals surface area contributed by atoms with Crippen molar-refractivity contribution in [2.45, 2.75) is 20.3 Å². The average Bonchev–Trinajstić information content (AvgIpc) is 2.70. The Bertz CT molecular complexity index is 494. The molecule has 0 amide bonds. The van der Waals surface area contributed by atoms with E-state index in [-0.39, 0.29) is 0 Å². The lowest BCUT2D eigenvalue weighted by Gasteiger charge is -2.01. The van der Waals surface area contributed by atoms with Gasteiger partial charge in [0, 0.05) is 15.3 Å². The zero-order valence-corrected chi connectivity index (χ0v) is 10.3. The minimum absolute atomic E-state index is 0.730. The molecule has 1 aromatic carbocycles. The lowest BCUT2D eigenvalue weighted by Crippen LogP contribution is -1.82. The fraction of sp³-hybridized carbons (Fsp3) is 0.214. The lowest BCUT2D eigenvalue weighted by molar-refractivity contribution is 0.112. The summed E-state index contributed by atoms with van der Waals surface area (Å²) >= 11 is 1.85. The average molecular weight is 230 g/mol. The van der Waals surface area contributed by atoms with Gasteiger partial charge in [-0.1, -0.05) is 31.2 Å². The predicted octanol–water partition coefficient (Wildman–Crippen LogP) is 4.10. The lowest BCUT2D eigenvalue weighted by atomic mass is 10.0. The molecule has 0 saturated carbocycles. The summed E-state index contributed by atoms with van der Waals surface area (Å²) in [5.74, 6) is 0. The molecule has 1 heterocycles. The van der Waals surface area contributed by atoms with Crippen LogP contribution in [0.1, 0.15) is 27.0 Å². The molecule has 2 rings (SSSR count). The minimum Gasteiger partial charge on any atom is -0.298 e. The molecule has 0 spiro atoms. The highest BCUT2D eigenvalue weighted by molar-refractivity contribution is 7.12. The Hall–Kier alpha value is -1.41. The zero-order chi connectivity index (χ0) is 11.5. The number of benzene rings is 1. The first kappa shape index (κ1) is 11.1. The molecular formula is C14H14OS. The first-order valence-electron chi connectivity index (χ1n) is 5.39. The van der Waals surface area contributed by atoms with Gasteiger partial charge in [-0.05, 0) is 30.5 Å². The van der Waals surface area contributed by atoms with Crippen LogP contribution in [0.2, 0.25) is 0 Å². The van der Waals surface area contributed by atoms with Crippen LogP contribution in [-0.4, -0.2) is 6.29 Å². The third-order valence-electron chi connectivity index (χ3n) is 2.61. The molecule has 2 heteroatoms. The van der Waals surface area contributed by atoms with Gasteiger partial charge in [-0.15, -0.1) is 11.3 Å². The maximum atomic E-state index is 10.6. The zero-order valence-electron chi connectivity index (χ0n) is 9.49. The van der Waals surface area contributed by atoms with Crippen LogP contribution in [0.25, 0.3) is 11.1 Å². The monoisotopic (exact) mass is 230 g/mol. The van der Waals surface area contributed by atoms with Gasteiger partial charge in [-0.2, -0.15) is 0 Å². The summed E-state index contributed by atoms with van der Waals surface area (Å²) in [5.41, 5.74) is 3.24. The summed E-state index contributed by atoms with van der Waals surface area (Å²) in [6, 6.07) is 10.00. The van der Waals surface area contributed by atoms with Crippen molar-refractivity contribution in [3.05, 3.63) is 45.6 Å². The predicted molar refractivity (Wildman–Crippen MR) is 69.3 cm³/mol. The third-order valence-corrected chi connectivity index (χ3v) is 3.81. The van der Waals surface area contributed by atoms with E-state index in [4.69, 9.17) is 0 Å². The summed E-state index contributed by atoms with van der Waals surface area (Å²) in [7, 11) is 0. The maximum absolute atomic E-state index is 10.6. The topological polar surface area (TPSA) is 17.1 Å². The van der Waals surface area contributed by atoms with Gasteiger partial charge in [0.25, 0.3) is 0 Å². The van der Waals surface area contributed by atoms with Crippen molar-refractivity contribution in [3.8, 4) is 11.1 Å². The molecule has 1 aromatic heterocycles. The number of carbonyl (C=O) groups is 1. The van der Waals surface area contributed by atoms with Gasteiger partial charge in [0.15, 0.2) is 0 Å². The van der Waals surface area contributed by atoms with E-state index >= 15 is 0 Å². The fourth-order valence-corrected chi connectivity index (χ4v) is 2.81. The number of rotatable bonds is 3. The second-order valence-corrected chi connectivity index (χ2v) is 5.13. The van der Waals surface area contributed by atoms with Crippen LogP contribution < -0.4 is 0 Å².